The van der Waals surface area contributed by atoms with Crippen molar-refractivity contribution in [2.24, 2.45) is 0 Å². The minimum atomic E-state index is -1.01. The van der Waals surface area contributed by atoms with Crippen LogP contribution in [0.3, 0.4) is 0 Å². The maximum atomic E-state index is 12.2. The molecule has 0 aliphatic rings. The van der Waals surface area contributed by atoms with Gasteiger partial charge in [0, 0.05) is 26.5 Å². The molecule has 0 bridgehead atoms. The Morgan fingerprint density at radius 1 is 1.45 bits per heavy atom. The van der Waals surface area contributed by atoms with Crippen LogP contribution in [0.15, 0.2) is 18.5 Å². The SMILES string of the molecule is CCCCC(NC(=O)c1cnccc1N(C)C)C(=O)O. The Hall–Kier alpha value is -2.11. The summed E-state index contributed by atoms with van der Waals surface area (Å²) in [5.41, 5.74) is 1.08. The van der Waals surface area contributed by atoms with Crippen LogP contribution in [-0.4, -0.2) is 42.1 Å². The largest absolute Gasteiger partial charge is 0.480 e. The predicted molar refractivity (Wildman–Crippen MR) is 77.0 cm³/mol. The minimum absolute atomic E-state index is 0.375. The molecule has 2 N–H and O–H groups in total. The molecular weight excluding hydrogens is 258 g/mol. The number of carboxylic acids is 1. The molecule has 1 rings (SSSR count). The van der Waals surface area contributed by atoms with Gasteiger partial charge in [-0.2, -0.15) is 0 Å². The van der Waals surface area contributed by atoms with Gasteiger partial charge in [-0.15, -0.1) is 0 Å². The highest BCUT2D eigenvalue weighted by atomic mass is 16.4. The van der Waals surface area contributed by atoms with E-state index < -0.39 is 17.9 Å². The first-order chi connectivity index (χ1) is 9.47. The monoisotopic (exact) mass is 279 g/mol. The van der Waals surface area contributed by atoms with Crippen LogP contribution < -0.4 is 10.2 Å². The van der Waals surface area contributed by atoms with Crippen LogP contribution in [0.2, 0.25) is 0 Å². The van der Waals surface area contributed by atoms with E-state index in [2.05, 4.69) is 10.3 Å². The Morgan fingerprint density at radius 2 is 2.15 bits per heavy atom. The van der Waals surface area contributed by atoms with Crippen molar-refractivity contribution in [3.05, 3.63) is 24.0 Å². The molecule has 1 atom stereocenters. The summed E-state index contributed by atoms with van der Waals surface area (Å²) in [6.07, 6.45) is 5.11. The van der Waals surface area contributed by atoms with Gasteiger partial charge in [0.1, 0.15) is 6.04 Å². The lowest BCUT2D eigenvalue weighted by Gasteiger charge is -2.18. The van der Waals surface area contributed by atoms with Gasteiger partial charge in [0.15, 0.2) is 0 Å². The zero-order valence-electron chi connectivity index (χ0n) is 12.1. The smallest absolute Gasteiger partial charge is 0.326 e. The van der Waals surface area contributed by atoms with Crippen molar-refractivity contribution in [2.45, 2.75) is 32.2 Å². The highest BCUT2D eigenvalue weighted by molar-refractivity contribution is 6.01. The van der Waals surface area contributed by atoms with Crippen LogP contribution in [0.25, 0.3) is 0 Å². The highest BCUT2D eigenvalue weighted by Gasteiger charge is 2.22. The van der Waals surface area contributed by atoms with E-state index in [-0.39, 0.29) is 0 Å². The molecule has 1 heterocycles. The van der Waals surface area contributed by atoms with Gasteiger partial charge in [0.2, 0.25) is 0 Å². The van der Waals surface area contributed by atoms with Gasteiger partial charge in [0.05, 0.1) is 11.3 Å². The molecule has 1 aromatic rings. The molecule has 6 nitrogen and oxygen atoms in total. The Morgan fingerprint density at radius 3 is 2.70 bits per heavy atom. The van der Waals surface area contributed by atoms with Crippen molar-refractivity contribution in [3.8, 4) is 0 Å². The fourth-order valence-corrected chi connectivity index (χ4v) is 1.85. The molecule has 0 aromatic carbocycles. The van der Waals surface area contributed by atoms with E-state index in [1.807, 2.05) is 21.0 Å². The topological polar surface area (TPSA) is 82.5 Å². The van der Waals surface area contributed by atoms with Crippen molar-refractivity contribution >= 4 is 17.6 Å². The number of amides is 1. The number of carbonyl (C=O) groups is 2. The molecule has 0 saturated heterocycles. The van der Waals surface area contributed by atoms with Crippen LogP contribution >= 0.6 is 0 Å². The summed E-state index contributed by atoms with van der Waals surface area (Å²) in [5.74, 6) is -1.42. The van der Waals surface area contributed by atoms with Crippen LogP contribution in [0.1, 0.15) is 36.5 Å². The number of carbonyl (C=O) groups excluding carboxylic acids is 1. The molecule has 6 heteroatoms. The Kier molecular flexibility index (Phi) is 5.96. The van der Waals surface area contributed by atoms with Crippen molar-refractivity contribution in [1.82, 2.24) is 10.3 Å². The number of nitrogens with one attached hydrogen (secondary N) is 1. The Labute approximate surface area is 118 Å². The van der Waals surface area contributed by atoms with Crippen LogP contribution in [-0.2, 0) is 4.79 Å². The summed E-state index contributed by atoms with van der Waals surface area (Å²) < 4.78 is 0. The lowest BCUT2D eigenvalue weighted by Crippen LogP contribution is -2.41. The van der Waals surface area contributed by atoms with Gasteiger partial charge in [0.25, 0.3) is 5.91 Å². The van der Waals surface area contributed by atoms with Crippen LogP contribution in [0.5, 0.6) is 0 Å². The molecule has 0 spiro atoms. The molecular formula is C14H21N3O3. The van der Waals surface area contributed by atoms with Gasteiger partial charge in [-0.05, 0) is 12.5 Å². The van der Waals surface area contributed by atoms with Gasteiger partial charge >= 0.3 is 5.97 Å². The van der Waals surface area contributed by atoms with E-state index >= 15 is 0 Å². The van der Waals surface area contributed by atoms with Gasteiger partial charge < -0.3 is 15.3 Å². The number of hydrogen-bond donors (Lipinski definition) is 2. The van der Waals surface area contributed by atoms with Gasteiger partial charge in [-0.3, -0.25) is 9.78 Å². The van der Waals surface area contributed by atoms with E-state index in [0.717, 1.165) is 12.8 Å². The van der Waals surface area contributed by atoms with Crippen molar-refractivity contribution in [3.63, 3.8) is 0 Å². The normalized spacial score (nSPS) is 11.8. The average molecular weight is 279 g/mol. The summed E-state index contributed by atoms with van der Waals surface area (Å²) in [4.78, 5) is 29.1. The maximum Gasteiger partial charge on any atom is 0.326 e. The number of rotatable bonds is 7. The lowest BCUT2D eigenvalue weighted by atomic mass is 10.1. The second kappa shape index (κ2) is 7.47. The first-order valence-electron chi connectivity index (χ1n) is 6.62. The fourth-order valence-electron chi connectivity index (χ4n) is 1.85. The Balaban J connectivity index is 2.86. The van der Waals surface area contributed by atoms with Gasteiger partial charge in [-0.25, -0.2) is 4.79 Å². The second-order valence-corrected chi connectivity index (χ2v) is 4.79. The number of hydrogen-bond acceptors (Lipinski definition) is 4. The molecule has 0 radical (unpaired) electrons. The van der Waals surface area contributed by atoms with Crippen LogP contribution in [0, 0.1) is 0 Å². The molecule has 20 heavy (non-hydrogen) atoms. The summed E-state index contributed by atoms with van der Waals surface area (Å²) in [6, 6.07) is 0.856. The Bertz CT molecular complexity index is 474. The highest BCUT2D eigenvalue weighted by Crippen LogP contribution is 2.16. The number of unbranched alkanes of at least 4 members (excludes halogenated alkanes) is 1. The lowest BCUT2D eigenvalue weighted by molar-refractivity contribution is -0.139. The summed E-state index contributed by atoms with van der Waals surface area (Å²) >= 11 is 0. The molecule has 1 aromatic heterocycles. The van der Waals surface area contributed by atoms with Crippen molar-refractivity contribution in [2.75, 3.05) is 19.0 Å². The van der Waals surface area contributed by atoms with Crippen molar-refractivity contribution in [1.29, 1.82) is 0 Å². The summed E-state index contributed by atoms with van der Waals surface area (Å²) in [5, 5.41) is 11.7. The third-order valence-electron chi connectivity index (χ3n) is 2.97. The predicted octanol–water partition coefficient (Wildman–Crippen LogP) is 1.52. The van der Waals surface area contributed by atoms with Crippen molar-refractivity contribution < 1.29 is 14.7 Å². The van der Waals surface area contributed by atoms with Gasteiger partial charge in [-0.1, -0.05) is 19.8 Å². The van der Waals surface area contributed by atoms with E-state index in [9.17, 15) is 9.59 Å². The molecule has 110 valence electrons. The number of pyridine rings is 1. The zero-order valence-corrected chi connectivity index (χ0v) is 12.1. The van der Waals surface area contributed by atoms with E-state index in [4.69, 9.17) is 5.11 Å². The number of aromatic nitrogens is 1. The number of aliphatic carboxylic acids is 1. The maximum absolute atomic E-state index is 12.2. The summed E-state index contributed by atoms with van der Waals surface area (Å²) in [6.45, 7) is 1.98. The molecule has 0 fully saturated rings. The summed E-state index contributed by atoms with van der Waals surface area (Å²) in [7, 11) is 3.63. The van der Waals surface area contributed by atoms with E-state index in [1.54, 1.807) is 17.2 Å². The molecule has 1 amide bonds. The number of anilines is 1. The first-order valence-corrected chi connectivity index (χ1v) is 6.62. The molecule has 0 aliphatic carbocycles. The number of carboxylic acid groups (broad SMARTS) is 1. The third-order valence-corrected chi connectivity index (χ3v) is 2.97. The zero-order chi connectivity index (χ0) is 15.1. The standard InChI is InChI=1S/C14H21N3O3/c1-4-5-6-11(14(19)20)16-13(18)10-9-15-8-7-12(10)17(2)3/h7-9,11H,4-6H2,1-3H3,(H,16,18)(H,19,20). The minimum Gasteiger partial charge on any atom is -0.480 e. The average Bonchev–Trinajstić information content (AvgIpc) is 2.42. The quantitative estimate of drug-likeness (QED) is 0.790. The first kappa shape index (κ1) is 15.9. The molecule has 1 unspecified atom stereocenters. The molecule has 0 saturated carbocycles. The third kappa shape index (κ3) is 4.22. The second-order valence-electron chi connectivity index (χ2n) is 4.79. The fraction of sp³-hybridized carbons (Fsp3) is 0.500. The molecule has 0 aliphatic heterocycles. The van der Waals surface area contributed by atoms with E-state index in [1.165, 1.54) is 6.20 Å². The van der Waals surface area contributed by atoms with E-state index in [0.29, 0.717) is 17.7 Å². The van der Waals surface area contributed by atoms with Crippen LogP contribution in [0.4, 0.5) is 5.69 Å². The number of nitrogens with zero attached hydrogens (tertiary/aromatic N) is 2.